The molecule has 1 saturated heterocycles. The lowest BCUT2D eigenvalue weighted by Crippen LogP contribution is -2.29. The first-order valence-corrected chi connectivity index (χ1v) is 6.69. The number of aliphatic hydroxyl groups excluding tert-OH is 1. The van der Waals surface area contributed by atoms with Gasteiger partial charge in [0.1, 0.15) is 18.0 Å². The van der Waals surface area contributed by atoms with Crippen LogP contribution in [0.25, 0.3) is 0 Å². The van der Waals surface area contributed by atoms with E-state index in [1.54, 1.807) is 24.3 Å². The van der Waals surface area contributed by atoms with Crippen molar-refractivity contribution in [2.45, 2.75) is 12.2 Å². The van der Waals surface area contributed by atoms with E-state index in [0.29, 0.717) is 11.4 Å². The predicted octanol–water partition coefficient (Wildman–Crippen LogP) is -0.195. The average molecular weight is 243 g/mol. The zero-order valence-corrected chi connectivity index (χ0v) is 9.35. The van der Waals surface area contributed by atoms with Gasteiger partial charge in [0.25, 0.3) is 0 Å². The maximum Gasteiger partial charge on any atom is 0.156 e. The molecule has 6 heteroatoms. The van der Waals surface area contributed by atoms with E-state index in [0.717, 1.165) is 0 Å². The van der Waals surface area contributed by atoms with Gasteiger partial charge in [-0.2, -0.15) is 0 Å². The Balaban J connectivity index is 2.11. The molecule has 1 heterocycles. The number of nitrogen functional groups attached to an aromatic ring is 1. The van der Waals surface area contributed by atoms with Gasteiger partial charge >= 0.3 is 0 Å². The number of nitrogens with two attached hydrogens (primary N) is 1. The van der Waals surface area contributed by atoms with Crippen LogP contribution in [-0.2, 0) is 9.84 Å². The molecule has 1 aromatic rings. The SMILES string of the molecule is Nc1cccc(OC2CS(=O)(=O)CC2O)c1. The summed E-state index contributed by atoms with van der Waals surface area (Å²) in [5.41, 5.74) is 6.10. The Kier molecular flexibility index (Phi) is 2.77. The first-order chi connectivity index (χ1) is 7.46. The van der Waals surface area contributed by atoms with Gasteiger partial charge < -0.3 is 15.6 Å². The largest absolute Gasteiger partial charge is 0.487 e. The third kappa shape index (κ3) is 2.45. The third-order valence-corrected chi connectivity index (χ3v) is 4.10. The van der Waals surface area contributed by atoms with Crippen molar-refractivity contribution >= 4 is 15.5 Å². The number of anilines is 1. The molecule has 0 saturated carbocycles. The van der Waals surface area contributed by atoms with E-state index in [1.807, 2.05) is 0 Å². The van der Waals surface area contributed by atoms with E-state index in [1.165, 1.54) is 0 Å². The Morgan fingerprint density at radius 1 is 1.38 bits per heavy atom. The normalized spacial score (nSPS) is 27.8. The molecule has 2 atom stereocenters. The summed E-state index contributed by atoms with van der Waals surface area (Å²) in [5.74, 6) is 0.0873. The zero-order valence-electron chi connectivity index (χ0n) is 8.54. The summed E-state index contributed by atoms with van der Waals surface area (Å²) in [6.07, 6.45) is -1.67. The van der Waals surface area contributed by atoms with Crippen LogP contribution in [-0.4, -0.2) is 37.2 Å². The molecule has 16 heavy (non-hydrogen) atoms. The van der Waals surface area contributed by atoms with Gasteiger partial charge in [0.05, 0.1) is 11.5 Å². The van der Waals surface area contributed by atoms with Crippen molar-refractivity contribution in [3.05, 3.63) is 24.3 Å². The van der Waals surface area contributed by atoms with Gasteiger partial charge in [-0.1, -0.05) is 6.07 Å². The van der Waals surface area contributed by atoms with Gasteiger partial charge in [-0.3, -0.25) is 0 Å². The van der Waals surface area contributed by atoms with Crippen molar-refractivity contribution in [2.24, 2.45) is 0 Å². The van der Waals surface area contributed by atoms with Crippen molar-refractivity contribution in [1.82, 2.24) is 0 Å². The second kappa shape index (κ2) is 3.95. The van der Waals surface area contributed by atoms with Gasteiger partial charge in [-0.25, -0.2) is 8.42 Å². The zero-order chi connectivity index (χ0) is 11.8. The summed E-state index contributed by atoms with van der Waals surface area (Å²) < 4.78 is 27.9. The van der Waals surface area contributed by atoms with Crippen molar-refractivity contribution < 1.29 is 18.3 Å². The Morgan fingerprint density at radius 3 is 2.69 bits per heavy atom. The van der Waals surface area contributed by atoms with E-state index in [9.17, 15) is 13.5 Å². The predicted molar refractivity (Wildman–Crippen MR) is 59.9 cm³/mol. The van der Waals surface area contributed by atoms with Gasteiger partial charge in [-0.15, -0.1) is 0 Å². The molecule has 5 nitrogen and oxygen atoms in total. The first kappa shape index (κ1) is 11.2. The molecule has 88 valence electrons. The molecule has 1 aliphatic heterocycles. The number of benzene rings is 1. The lowest BCUT2D eigenvalue weighted by Gasteiger charge is -2.15. The van der Waals surface area contributed by atoms with Crippen LogP contribution in [0, 0.1) is 0 Å². The molecule has 1 aromatic carbocycles. The Labute approximate surface area is 93.8 Å². The van der Waals surface area contributed by atoms with Crippen LogP contribution in [0.3, 0.4) is 0 Å². The highest BCUT2D eigenvalue weighted by Crippen LogP contribution is 2.21. The topological polar surface area (TPSA) is 89.6 Å². The molecule has 0 amide bonds. The van der Waals surface area contributed by atoms with Gasteiger partial charge in [0.15, 0.2) is 9.84 Å². The summed E-state index contributed by atoms with van der Waals surface area (Å²) in [6.45, 7) is 0. The monoisotopic (exact) mass is 243 g/mol. The Morgan fingerprint density at radius 2 is 2.12 bits per heavy atom. The fourth-order valence-electron chi connectivity index (χ4n) is 1.67. The van der Waals surface area contributed by atoms with Crippen LogP contribution in [0.1, 0.15) is 0 Å². The number of sulfone groups is 1. The van der Waals surface area contributed by atoms with E-state index >= 15 is 0 Å². The summed E-state index contributed by atoms with van der Waals surface area (Å²) >= 11 is 0. The molecule has 1 aliphatic rings. The molecule has 1 fully saturated rings. The molecule has 3 N–H and O–H groups in total. The second-order valence-corrected chi connectivity index (χ2v) is 6.03. The van der Waals surface area contributed by atoms with Crippen LogP contribution in [0.4, 0.5) is 5.69 Å². The van der Waals surface area contributed by atoms with E-state index in [4.69, 9.17) is 10.5 Å². The Bertz CT molecular complexity index is 485. The maximum atomic E-state index is 11.2. The number of hydrogen-bond acceptors (Lipinski definition) is 5. The van der Waals surface area contributed by atoms with Crippen LogP contribution in [0.15, 0.2) is 24.3 Å². The maximum absolute atomic E-state index is 11.2. The molecule has 0 radical (unpaired) electrons. The number of rotatable bonds is 2. The number of aliphatic hydroxyl groups is 1. The smallest absolute Gasteiger partial charge is 0.156 e. The second-order valence-electron chi connectivity index (χ2n) is 3.87. The van der Waals surface area contributed by atoms with Crippen LogP contribution in [0.2, 0.25) is 0 Å². The quantitative estimate of drug-likeness (QED) is 0.702. The first-order valence-electron chi connectivity index (χ1n) is 4.87. The van der Waals surface area contributed by atoms with Crippen LogP contribution >= 0.6 is 0 Å². The summed E-state index contributed by atoms with van der Waals surface area (Å²) in [5, 5.41) is 9.52. The summed E-state index contributed by atoms with van der Waals surface area (Å²) in [7, 11) is -3.18. The molecule has 2 unspecified atom stereocenters. The fraction of sp³-hybridized carbons (Fsp3) is 0.400. The van der Waals surface area contributed by atoms with E-state index in [-0.39, 0.29) is 11.5 Å². The summed E-state index contributed by atoms with van der Waals surface area (Å²) in [4.78, 5) is 0. The van der Waals surface area contributed by atoms with E-state index in [2.05, 4.69) is 0 Å². The van der Waals surface area contributed by atoms with Crippen molar-refractivity contribution in [2.75, 3.05) is 17.2 Å². The lowest BCUT2D eigenvalue weighted by molar-refractivity contribution is 0.0738. The standard InChI is InChI=1S/C10H13NO4S/c11-7-2-1-3-8(4-7)15-10-6-16(13,14)5-9(10)12/h1-4,9-10,12H,5-6,11H2. The summed E-state index contributed by atoms with van der Waals surface area (Å²) in [6, 6.07) is 6.68. The molecule has 0 aromatic heterocycles. The van der Waals surface area contributed by atoms with Gasteiger partial charge in [0.2, 0.25) is 0 Å². The molecule has 0 spiro atoms. The van der Waals surface area contributed by atoms with Gasteiger partial charge in [0, 0.05) is 11.8 Å². The number of hydrogen-bond donors (Lipinski definition) is 2. The van der Waals surface area contributed by atoms with E-state index < -0.39 is 22.0 Å². The highest BCUT2D eigenvalue weighted by molar-refractivity contribution is 7.91. The minimum atomic E-state index is -3.18. The van der Waals surface area contributed by atoms with Crippen molar-refractivity contribution in [3.8, 4) is 5.75 Å². The highest BCUT2D eigenvalue weighted by atomic mass is 32.2. The Hall–Kier alpha value is -1.27. The molecule has 0 bridgehead atoms. The van der Waals surface area contributed by atoms with Crippen molar-refractivity contribution in [1.29, 1.82) is 0 Å². The molecule has 0 aliphatic carbocycles. The molecular weight excluding hydrogens is 230 g/mol. The lowest BCUT2D eigenvalue weighted by atomic mass is 10.2. The van der Waals surface area contributed by atoms with Crippen LogP contribution < -0.4 is 10.5 Å². The third-order valence-electron chi connectivity index (χ3n) is 2.42. The highest BCUT2D eigenvalue weighted by Gasteiger charge is 2.38. The molecular formula is C10H13NO4S. The van der Waals surface area contributed by atoms with Crippen LogP contribution in [0.5, 0.6) is 5.75 Å². The minimum absolute atomic E-state index is 0.150. The van der Waals surface area contributed by atoms with Gasteiger partial charge in [-0.05, 0) is 12.1 Å². The number of ether oxygens (including phenoxy) is 1. The average Bonchev–Trinajstić information content (AvgIpc) is 2.39. The molecule has 2 rings (SSSR count). The minimum Gasteiger partial charge on any atom is -0.487 e. The fourth-order valence-corrected chi connectivity index (χ4v) is 3.33. The van der Waals surface area contributed by atoms with Crippen molar-refractivity contribution in [3.63, 3.8) is 0 Å².